The van der Waals surface area contributed by atoms with Gasteiger partial charge in [-0.15, -0.1) is 0 Å². The molecule has 3 heterocycles. The van der Waals surface area contributed by atoms with Gasteiger partial charge in [0, 0.05) is 5.69 Å². The van der Waals surface area contributed by atoms with Crippen molar-refractivity contribution in [3.05, 3.63) is 30.1 Å². The number of benzene rings is 1. The van der Waals surface area contributed by atoms with Gasteiger partial charge in [0.2, 0.25) is 0 Å². The van der Waals surface area contributed by atoms with Crippen LogP contribution in [-0.2, 0) is 9.47 Å². The highest BCUT2D eigenvalue weighted by Gasteiger charge is 2.52. The lowest BCUT2D eigenvalue weighted by molar-refractivity contribution is -0.183. The number of rotatable bonds is 3. The summed E-state index contributed by atoms with van der Waals surface area (Å²) in [4.78, 5) is 14.5. The van der Waals surface area contributed by atoms with Gasteiger partial charge in [-0.3, -0.25) is 4.90 Å². The quantitative estimate of drug-likeness (QED) is 0.752. The largest absolute Gasteiger partial charge is 0.389 e. The second-order valence-electron chi connectivity index (χ2n) is 7.09. The Kier molecular flexibility index (Phi) is 5.08. The van der Waals surface area contributed by atoms with Crippen molar-refractivity contribution in [3.8, 4) is 0 Å². The Labute approximate surface area is 151 Å². The first-order valence-electron chi connectivity index (χ1n) is 9.14. The number of hydrogen-bond acceptors (Lipinski definition) is 5. The number of ether oxygens (including phenoxy) is 2. The van der Waals surface area contributed by atoms with Gasteiger partial charge in [0.15, 0.2) is 6.29 Å². The van der Waals surface area contributed by atoms with E-state index in [2.05, 4.69) is 15.5 Å². The number of nitrogens with zero attached hydrogens (tertiary/aromatic N) is 1. The van der Waals surface area contributed by atoms with Crippen molar-refractivity contribution in [2.45, 2.75) is 49.8 Å². The van der Waals surface area contributed by atoms with Crippen LogP contribution < -0.4 is 10.6 Å². The highest BCUT2D eigenvalue weighted by molar-refractivity contribution is 5.89. The number of amides is 2. The molecule has 4 rings (SSSR count). The van der Waals surface area contributed by atoms with Gasteiger partial charge >= 0.3 is 6.03 Å². The summed E-state index contributed by atoms with van der Waals surface area (Å²) >= 11 is 0. The maximum atomic E-state index is 13.0. The molecule has 142 valence electrons. The molecule has 0 radical (unpaired) electrons. The topological polar surface area (TPSA) is 83.1 Å². The number of carbonyl (C=O) groups is 1. The lowest BCUT2D eigenvalue weighted by atomic mass is 9.93. The molecule has 0 saturated carbocycles. The van der Waals surface area contributed by atoms with Crippen molar-refractivity contribution in [1.82, 2.24) is 10.2 Å². The zero-order chi connectivity index (χ0) is 18.1. The van der Waals surface area contributed by atoms with Gasteiger partial charge in [0.1, 0.15) is 11.9 Å². The van der Waals surface area contributed by atoms with Crippen LogP contribution in [-0.4, -0.2) is 66.3 Å². The normalized spacial score (nSPS) is 34.5. The molecule has 0 unspecified atom stereocenters. The third-order valence-electron chi connectivity index (χ3n) is 5.34. The molecule has 3 N–H and O–H groups in total. The molecule has 3 saturated heterocycles. The van der Waals surface area contributed by atoms with Crippen molar-refractivity contribution >= 4 is 11.7 Å². The fraction of sp³-hybridized carbons (Fsp3) is 0.611. The number of likely N-dealkylation sites (tertiary alicyclic amines) is 1. The molecule has 5 atom stereocenters. The molecule has 0 spiro atoms. The van der Waals surface area contributed by atoms with E-state index >= 15 is 0 Å². The third-order valence-corrected chi connectivity index (χ3v) is 5.34. The third kappa shape index (κ3) is 3.55. The highest BCUT2D eigenvalue weighted by Crippen LogP contribution is 2.32. The number of aliphatic hydroxyl groups is 1. The van der Waals surface area contributed by atoms with Gasteiger partial charge in [-0.25, -0.2) is 9.18 Å². The maximum Gasteiger partial charge on any atom is 0.319 e. The minimum atomic E-state index is -0.779. The first kappa shape index (κ1) is 17.7. The van der Waals surface area contributed by atoms with Crippen molar-refractivity contribution < 1.29 is 23.8 Å². The summed E-state index contributed by atoms with van der Waals surface area (Å²) in [5.74, 6) is -0.370. The summed E-state index contributed by atoms with van der Waals surface area (Å²) in [5.41, 5.74) is 0.475. The Balaban J connectivity index is 1.43. The van der Waals surface area contributed by atoms with Crippen LogP contribution in [0.4, 0.5) is 14.9 Å². The van der Waals surface area contributed by atoms with E-state index in [-0.39, 0.29) is 18.0 Å². The van der Waals surface area contributed by atoms with E-state index in [4.69, 9.17) is 9.47 Å². The summed E-state index contributed by atoms with van der Waals surface area (Å²) in [6, 6.07) is 4.19. The molecule has 26 heavy (non-hydrogen) atoms. The SMILES string of the molecule is O=C(Nc1ccc(F)cc1)N[C@@H]1[C@H](O)[C@@H](N2CCCCC2)[C@@H]2OC[C@@H]1O2. The van der Waals surface area contributed by atoms with E-state index in [1.54, 1.807) is 0 Å². The van der Waals surface area contributed by atoms with Crippen LogP contribution in [0.25, 0.3) is 0 Å². The molecule has 2 amide bonds. The van der Waals surface area contributed by atoms with Crippen LogP contribution in [0.3, 0.4) is 0 Å². The monoisotopic (exact) mass is 365 g/mol. The van der Waals surface area contributed by atoms with Crippen LogP contribution in [0.5, 0.6) is 0 Å². The van der Waals surface area contributed by atoms with Crippen molar-refractivity contribution in [2.24, 2.45) is 0 Å². The van der Waals surface area contributed by atoms with Gasteiger partial charge < -0.3 is 25.2 Å². The number of fused-ring (bicyclic) bond motifs is 2. The van der Waals surface area contributed by atoms with E-state index in [0.717, 1.165) is 25.9 Å². The average Bonchev–Trinajstić information content (AvgIpc) is 3.07. The summed E-state index contributed by atoms with van der Waals surface area (Å²) in [5, 5.41) is 16.4. The first-order chi connectivity index (χ1) is 12.6. The molecule has 1 aromatic carbocycles. The number of nitrogens with one attached hydrogen (secondary N) is 2. The van der Waals surface area contributed by atoms with Crippen LogP contribution in [0.15, 0.2) is 24.3 Å². The predicted octanol–water partition coefficient (Wildman–Crippen LogP) is 1.29. The van der Waals surface area contributed by atoms with Gasteiger partial charge in [-0.1, -0.05) is 6.42 Å². The predicted molar refractivity (Wildman–Crippen MR) is 92.2 cm³/mol. The molecule has 7 nitrogen and oxygen atoms in total. The number of carbonyl (C=O) groups excluding carboxylic acids is 1. The Morgan fingerprint density at radius 3 is 2.65 bits per heavy atom. The fourth-order valence-electron chi connectivity index (χ4n) is 4.04. The van der Waals surface area contributed by atoms with Gasteiger partial charge in [0.25, 0.3) is 0 Å². The Morgan fingerprint density at radius 2 is 1.92 bits per heavy atom. The number of urea groups is 1. The zero-order valence-electron chi connectivity index (χ0n) is 14.4. The standard InChI is InChI=1S/C18H24FN3O4/c19-11-4-6-12(7-5-11)20-18(24)21-14-13-10-25-17(26-13)15(16(14)23)22-8-2-1-3-9-22/h4-7,13-17,23H,1-3,8-10H2,(H2,20,21,24)/t13-,14-,15+,16-,17+/m0/s1. The van der Waals surface area contributed by atoms with E-state index in [1.807, 2.05) is 0 Å². The molecule has 2 bridgehead atoms. The molecule has 0 aliphatic carbocycles. The number of anilines is 1. The molecular weight excluding hydrogens is 341 g/mol. The maximum absolute atomic E-state index is 13.0. The second-order valence-corrected chi connectivity index (χ2v) is 7.09. The number of halogens is 1. The Morgan fingerprint density at radius 1 is 1.19 bits per heavy atom. The molecule has 3 fully saturated rings. The smallest absolute Gasteiger partial charge is 0.319 e. The zero-order valence-corrected chi connectivity index (χ0v) is 14.4. The minimum absolute atomic E-state index is 0.287. The highest BCUT2D eigenvalue weighted by atomic mass is 19.1. The number of aliphatic hydroxyl groups excluding tert-OH is 1. The van der Waals surface area contributed by atoms with Gasteiger partial charge in [-0.05, 0) is 50.2 Å². The lowest BCUT2D eigenvalue weighted by Crippen LogP contribution is -2.66. The summed E-state index contributed by atoms with van der Waals surface area (Å²) < 4.78 is 24.6. The lowest BCUT2D eigenvalue weighted by Gasteiger charge is -2.45. The molecule has 0 aromatic heterocycles. The van der Waals surface area contributed by atoms with Crippen molar-refractivity contribution in [2.75, 3.05) is 25.0 Å². The van der Waals surface area contributed by atoms with Crippen molar-refractivity contribution in [3.63, 3.8) is 0 Å². The molecule has 3 aliphatic heterocycles. The Bertz CT molecular complexity index is 638. The summed E-state index contributed by atoms with van der Waals surface area (Å²) in [7, 11) is 0. The molecule has 3 aliphatic rings. The van der Waals surface area contributed by atoms with E-state index < -0.39 is 24.5 Å². The van der Waals surface area contributed by atoms with Gasteiger partial charge in [-0.2, -0.15) is 0 Å². The van der Waals surface area contributed by atoms with Crippen molar-refractivity contribution in [1.29, 1.82) is 0 Å². The number of hydrogen-bond donors (Lipinski definition) is 3. The summed E-state index contributed by atoms with van der Waals surface area (Å²) in [6.45, 7) is 2.13. The molecular formula is C18H24FN3O4. The molecule has 8 heteroatoms. The van der Waals surface area contributed by atoms with E-state index in [0.29, 0.717) is 12.3 Å². The van der Waals surface area contributed by atoms with Crippen LogP contribution in [0, 0.1) is 5.82 Å². The van der Waals surface area contributed by atoms with Crippen LogP contribution in [0.1, 0.15) is 19.3 Å². The van der Waals surface area contributed by atoms with Gasteiger partial charge in [0.05, 0.1) is 24.8 Å². The van der Waals surface area contributed by atoms with Crippen LogP contribution >= 0.6 is 0 Å². The van der Waals surface area contributed by atoms with Crippen LogP contribution in [0.2, 0.25) is 0 Å². The minimum Gasteiger partial charge on any atom is -0.389 e. The fourth-order valence-corrected chi connectivity index (χ4v) is 4.04. The van der Waals surface area contributed by atoms with E-state index in [9.17, 15) is 14.3 Å². The first-order valence-corrected chi connectivity index (χ1v) is 9.14. The Hall–Kier alpha value is -1.74. The molecule has 1 aromatic rings. The summed E-state index contributed by atoms with van der Waals surface area (Å²) in [6.07, 6.45) is 1.75. The number of piperidine rings is 1. The van der Waals surface area contributed by atoms with E-state index in [1.165, 1.54) is 30.7 Å². The second kappa shape index (κ2) is 7.48. The average molecular weight is 365 g/mol.